The molecular weight excluding hydrogens is 526 g/mol. The minimum atomic E-state index is -1.20. The summed E-state index contributed by atoms with van der Waals surface area (Å²) in [6.45, 7) is 2.63. The predicted octanol–water partition coefficient (Wildman–Crippen LogP) is 5.22. The average molecular weight is 550 g/mol. The number of carboxylic acids is 1. The fraction of sp³-hybridized carbons (Fsp3) is 0.0938. The Morgan fingerprint density at radius 1 is 0.659 bits per heavy atom. The van der Waals surface area contributed by atoms with E-state index in [4.69, 9.17) is 9.47 Å². The second-order valence-corrected chi connectivity index (χ2v) is 9.36. The smallest absolute Gasteiger partial charge is 0.335 e. The number of nitrogens with zero attached hydrogens (tertiary/aromatic N) is 1. The van der Waals surface area contributed by atoms with E-state index in [0.29, 0.717) is 17.2 Å². The van der Waals surface area contributed by atoms with Crippen LogP contribution in [-0.2, 0) is 9.59 Å². The zero-order valence-electron chi connectivity index (χ0n) is 22.0. The van der Waals surface area contributed by atoms with Gasteiger partial charge in [0, 0.05) is 19.8 Å². The fourth-order valence-corrected chi connectivity index (χ4v) is 4.82. The molecule has 0 unspecified atom stereocenters. The average Bonchev–Trinajstić information content (AvgIpc) is 3.19. The Morgan fingerprint density at radius 2 is 1.20 bits per heavy atom. The van der Waals surface area contributed by atoms with Gasteiger partial charge in [-0.2, -0.15) is 0 Å². The van der Waals surface area contributed by atoms with Gasteiger partial charge < -0.3 is 14.6 Å². The van der Waals surface area contributed by atoms with Crippen LogP contribution in [0.1, 0.15) is 67.5 Å². The van der Waals surface area contributed by atoms with Gasteiger partial charge in [0.25, 0.3) is 11.8 Å². The number of rotatable bonds is 7. The van der Waals surface area contributed by atoms with Crippen LogP contribution in [0.15, 0.2) is 91.0 Å². The van der Waals surface area contributed by atoms with Gasteiger partial charge >= 0.3 is 17.9 Å². The van der Waals surface area contributed by atoms with Crippen molar-refractivity contribution in [1.29, 1.82) is 0 Å². The van der Waals surface area contributed by atoms with Gasteiger partial charge in [-0.15, -0.1) is 0 Å². The molecule has 5 rings (SSSR count). The van der Waals surface area contributed by atoms with E-state index in [2.05, 4.69) is 0 Å². The maximum absolute atomic E-state index is 13.3. The number of carbonyl (C=O) groups is 5. The summed E-state index contributed by atoms with van der Waals surface area (Å²) in [6.07, 6.45) is 0. The standard InChI is InChI=1S/C32H23NO8/c1-18(34)40-25-11-6-20(7-12-25)29(21-8-13-26(14-9-21)41-19(2)35)22-4-3-5-24(16-22)33-30(36)27-15-10-23(32(38)39)17-28(27)31(33)37/h3-17,29H,1-2H3,(H,38,39). The summed E-state index contributed by atoms with van der Waals surface area (Å²) in [6, 6.07) is 24.7. The molecule has 1 aliphatic rings. The maximum atomic E-state index is 13.3. The lowest BCUT2D eigenvalue weighted by molar-refractivity contribution is -0.132. The molecule has 4 aromatic carbocycles. The first kappa shape index (κ1) is 27.0. The summed E-state index contributed by atoms with van der Waals surface area (Å²) in [4.78, 5) is 61.7. The van der Waals surface area contributed by atoms with Crippen LogP contribution in [0, 0.1) is 0 Å². The molecule has 0 saturated heterocycles. The SMILES string of the molecule is CC(=O)Oc1ccc(C(c2ccc(OC(C)=O)cc2)c2cccc(N3C(=O)c4ccc(C(=O)O)cc4C3=O)c2)cc1. The van der Waals surface area contributed by atoms with Gasteiger partial charge in [0.1, 0.15) is 11.5 Å². The second kappa shape index (κ2) is 10.9. The lowest BCUT2D eigenvalue weighted by Gasteiger charge is -2.22. The summed E-state index contributed by atoms with van der Waals surface area (Å²) in [7, 11) is 0. The van der Waals surface area contributed by atoms with Crippen molar-refractivity contribution in [1.82, 2.24) is 0 Å². The van der Waals surface area contributed by atoms with E-state index < -0.39 is 29.7 Å². The van der Waals surface area contributed by atoms with Gasteiger partial charge in [0.15, 0.2) is 0 Å². The van der Waals surface area contributed by atoms with E-state index >= 15 is 0 Å². The van der Waals surface area contributed by atoms with E-state index in [1.165, 1.54) is 32.0 Å². The molecule has 41 heavy (non-hydrogen) atoms. The number of esters is 2. The molecule has 1 N–H and O–H groups in total. The number of amides is 2. The molecule has 0 fully saturated rings. The molecule has 1 heterocycles. The molecule has 1 aliphatic heterocycles. The van der Waals surface area contributed by atoms with Crippen molar-refractivity contribution in [3.05, 3.63) is 124 Å². The largest absolute Gasteiger partial charge is 0.478 e. The molecule has 0 saturated carbocycles. The maximum Gasteiger partial charge on any atom is 0.335 e. The number of ether oxygens (including phenoxy) is 2. The van der Waals surface area contributed by atoms with Crippen LogP contribution in [0.5, 0.6) is 11.5 Å². The van der Waals surface area contributed by atoms with Gasteiger partial charge in [0.05, 0.1) is 22.4 Å². The molecule has 4 aromatic rings. The van der Waals surface area contributed by atoms with E-state index in [9.17, 15) is 29.1 Å². The van der Waals surface area contributed by atoms with Crippen LogP contribution in [0.25, 0.3) is 0 Å². The number of anilines is 1. The summed E-state index contributed by atoms with van der Waals surface area (Å²) < 4.78 is 10.3. The van der Waals surface area contributed by atoms with Gasteiger partial charge in [-0.3, -0.25) is 19.2 Å². The van der Waals surface area contributed by atoms with E-state index in [0.717, 1.165) is 21.6 Å². The highest BCUT2D eigenvalue weighted by atomic mass is 16.5. The first-order valence-electron chi connectivity index (χ1n) is 12.5. The molecule has 204 valence electrons. The van der Waals surface area contributed by atoms with Crippen LogP contribution in [-0.4, -0.2) is 34.8 Å². The normalized spacial score (nSPS) is 12.3. The van der Waals surface area contributed by atoms with Gasteiger partial charge in [-0.05, 0) is 71.3 Å². The molecule has 0 radical (unpaired) electrons. The van der Waals surface area contributed by atoms with Crippen LogP contribution in [0.2, 0.25) is 0 Å². The third-order valence-corrected chi connectivity index (χ3v) is 6.55. The lowest BCUT2D eigenvalue weighted by Crippen LogP contribution is -2.29. The van der Waals surface area contributed by atoms with Crippen molar-refractivity contribution in [3.63, 3.8) is 0 Å². The minimum absolute atomic E-state index is 0.0268. The highest BCUT2D eigenvalue weighted by Crippen LogP contribution is 2.37. The number of carbonyl (C=O) groups excluding carboxylic acids is 4. The van der Waals surface area contributed by atoms with Gasteiger partial charge in [-0.1, -0.05) is 36.4 Å². The fourth-order valence-electron chi connectivity index (χ4n) is 4.82. The van der Waals surface area contributed by atoms with Crippen molar-refractivity contribution < 1.29 is 38.6 Å². The predicted molar refractivity (Wildman–Crippen MR) is 147 cm³/mol. The van der Waals surface area contributed by atoms with Gasteiger partial charge in [0.2, 0.25) is 0 Å². The summed E-state index contributed by atoms with van der Waals surface area (Å²) in [5, 5.41) is 9.33. The van der Waals surface area contributed by atoms with Crippen molar-refractivity contribution in [2.45, 2.75) is 19.8 Å². The summed E-state index contributed by atoms with van der Waals surface area (Å²) >= 11 is 0. The monoisotopic (exact) mass is 549 g/mol. The van der Waals surface area contributed by atoms with Crippen LogP contribution in [0.3, 0.4) is 0 Å². The van der Waals surface area contributed by atoms with E-state index in [1.54, 1.807) is 42.5 Å². The number of carboxylic acid groups (broad SMARTS) is 1. The topological polar surface area (TPSA) is 127 Å². The molecule has 9 nitrogen and oxygen atoms in total. The minimum Gasteiger partial charge on any atom is -0.478 e. The van der Waals surface area contributed by atoms with Crippen molar-refractivity contribution in [3.8, 4) is 11.5 Å². The Balaban J connectivity index is 1.56. The molecule has 9 heteroatoms. The number of benzene rings is 4. The third-order valence-electron chi connectivity index (χ3n) is 6.55. The number of imide groups is 1. The first-order chi connectivity index (χ1) is 19.6. The quantitative estimate of drug-likeness (QED) is 0.144. The summed E-state index contributed by atoms with van der Waals surface area (Å²) in [5.74, 6) is -2.88. The summed E-state index contributed by atoms with van der Waals surface area (Å²) in [5.41, 5.74) is 2.78. The second-order valence-electron chi connectivity index (χ2n) is 9.36. The Kier molecular flexibility index (Phi) is 7.18. The molecule has 2 amide bonds. The first-order valence-corrected chi connectivity index (χ1v) is 12.5. The number of aromatic carboxylic acids is 1. The van der Waals surface area contributed by atoms with Crippen molar-refractivity contribution in [2.24, 2.45) is 0 Å². The van der Waals surface area contributed by atoms with Crippen LogP contribution >= 0.6 is 0 Å². The molecular formula is C32H23NO8. The number of hydrogen-bond donors (Lipinski definition) is 1. The van der Waals surface area contributed by atoms with E-state index in [1.807, 2.05) is 30.3 Å². The highest BCUT2D eigenvalue weighted by molar-refractivity contribution is 6.34. The molecule has 0 spiro atoms. The third kappa shape index (κ3) is 5.46. The number of hydrogen-bond acceptors (Lipinski definition) is 7. The Hall–Kier alpha value is -5.57. The highest BCUT2D eigenvalue weighted by Gasteiger charge is 2.37. The van der Waals surface area contributed by atoms with Crippen LogP contribution in [0.4, 0.5) is 5.69 Å². The Bertz CT molecular complexity index is 1650. The van der Waals surface area contributed by atoms with Crippen molar-refractivity contribution >= 4 is 35.4 Å². The Morgan fingerprint density at radius 3 is 1.71 bits per heavy atom. The molecule has 0 atom stereocenters. The van der Waals surface area contributed by atoms with Gasteiger partial charge in [-0.25, -0.2) is 9.69 Å². The van der Waals surface area contributed by atoms with Crippen molar-refractivity contribution in [2.75, 3.05) is 4.90 Å². The Labute approximate surface area is 234 Å². The zero-order chi connectivity index (χ0) is 29.3. The molecule has 0 bridgehead atoms. The molecule has 0 aliphatic carbocycles. The van der Waals surface area contributed by atoms with E-state index in [-0.39, 0.29) is 22.6 Å². The molecule has 0 aromatic heterocycles. The zero-order valence-corrected chi connectivity index (χ0v) is 22.0. The van der Waals surface area contributed by atoms with Crippen LogP contribution < -0.4 is 14.4 Å². The lowest BCUT2D eigenvalue weighted by atomic mass is 9.85. The number of fused-ring (bicyclic) bond motifs is 1.